The second kappa shape index (κ2) is 8.16. The summed E-state index contributed by atoms with van der Waals surface area (Å²) in [6.45, 7) is 13.0. The fourth-order valence-electron chi connectivity index (χ4n) is 2.56. The predicted octanol–water partition coefficient (Wildman–Crippen LogP) is 4.29. The van der Waals surface area contributed by atoms with Crippen molar-refractivity contribution in [1.82, 2.24) is 0 Å². The van der Waals surface area contributed by atoms with E-state index in [9.17, 15) is 10.2 Å². The summed E-state index contributed by atoms with van der Waals surface area (Å²) in [5.74, 6) is 1.66. The van der Waals surface area contributed by atoms with Crippen LogP contribution >= 0.6 is 0 Å². The third kappa shape index (κ3) is 4.21. The zero-order valence-corrected chi connectivity index (χ0v) is 14.7. The first-order valence-corrected chi connectivity index (χ1v) is 8.18. The quantitative estimate of drug-likeness (QED) is 0.703. The molecule has 0 fully saturated rings. The number of rotatable bonds is 8. The van der Waals surface area contributed by atoms with Crippen molar-refractivity contribution in [2.45, 2.75) is 54.4 Å². The molecule has 2 N–H and O–H groups in total. The van der Waals surface area contributed by atoms with Gasteiger partial charge in [-0.2, -0.15) is 0 Å². The van der Waals surface area contributed by atoms with Crippen LogP contribution in [-0.2, 0) is 12.8 Å². The van der Waals surface area contributed by atoms with E-state index in [0.717, 1.165) is 0 Å². The molecule has 0 radical (unpaired) electrons. The number of benzene rings is 1. The molecule has 0 aliphatic heterocycles. The highest BCUT2D eigenvalue weighted by molar-refractivity contribution is 5.65. The second-order valence-corrected chi connectivity index (χ2v) is 6.37. The number of ether oxygens (including phenoxy) is 2. The van der Waals surface area contributed by atoms with E-state index in [2.05, 4.69) is 27.7 Å². The minimum atomic E-state index is -0.0729. The van der Waals surface area contributed by atoms with Crippen LogP contribution in [0.3, 0.4) is 0 Å². The highest BCUT2D eigenvalue weighted by atomic mass is 16.5. The fraction of sp³-hybridized carbons (Fsp3) is 0.667. The van der Waals surface area contributed by atoms with Crippen LogP contribution in [0.2, 0.25) is 0 Å². The SMILES string of the molecule is CCOc1c(CC(C)C)c(O)c(O)c(CC(C)C)c1OCC. The van der Waals surface area contributed by atoms with Gasteiger partial charge in [0.15, 0.2) is 23.0 Å². The van der Waals surface area contributed by atoms with Crippen LogP contribution in [0.15, 0.2) is 0 Å². The molecular weight excluding hydrogens is 280 g/mol. The lowest BCUT2D eigenvalue weighted by molar-refractivity contribution is 0.274. The Morgan fingerprint density at radius 3 is 1.27 bits per heavy atom. The molecule has 1 rings (SSSR count). The molecule has 4 nitrogen and oxygen atoms in total. The standard InChI is InChI=1S/C18H30O4/c1-7-21-17-13(9-11(3)4)15(19)16(20)14(10-12(5)6)18(17)22-8-2/h11-12,19-20H,7-10H2,1-6H3. The van der Waals surface area contributed by atoms with Crippen molar-refractivity contribution in [3.63, 3.8) is 0 Å². The number of phenolic OH excluding ortho intramolecular Hbond substituents is 2. The van der Waals surface area contributed by atoms with Crippen LogP contribution in [0.4, 0.5) is 0 Å². The Hall–Kier alpha value is -1.58. The summed E-state index contributed by atoms with van der Waals surface area (Å²) < 4.78 is 11.6. The molecule has 126 valence electrons. The van der Waals surface area contributed by atoms with E-state index in [1.54, 1.807) is 0 Å². The molecule has 0 atom stereocenters. The molecule has 0 bridgehead atoms. The van der Waals surface area contributed by atoms with Crippen LogP contribution in [0.5, 0.6) is 23.0 Å². The van der Waals surface area contributed by atoms with E-state index >= 15 is 0 Å². The highest BCUT2D eigenvalue weighted by Crippen LogP contribution is 2.49. The van der Waals surface area contributed by atoms with Crippen molar-refractivity contribution < 1.29 is 19.7 Å². The summed E-state index contributed by atoms with van der Waals surface area (Å²) in [6, 6.07) is 0. The molecule has 0 aliphatic carbocycles. The van der Waals surface area contributed by atoms with Crippen LogP contribution < -0.4 is 9.47 Å². The van der Waals surface area contributed by atoms with E-state index in [4.69, 9.17) is 9.47 Å². The molecule has 0 saturated carbocycles. The van der Waals surface area contributed by atoms with Gasteiger partial charge in [-0.05, 0) is 38.5 Å². The van der Waals surface area contributed by atoms with E-state index in [-0.39, 0.29) is 11.5 Å². The Kier molecular flexibility index (Phi) is 6.85. The first-order valence-electron chi connectivity index (χ1n) is 8.18. The molecule has 0 unspecified atom stereocenters. The summed E-state index contributed by atoms with van der Waals surface area (Å²) in [4.78, 5) is 0. The minimum absolute atomic E-state index is 0.0729. The summed E-state index contributed by atoms with van der Waals surface area (Å²) >= 11 is 0. The number of phenols is 2. The van der Waals surface area contributed by atoms with Crippen LogP contribution in [0.25, 0.3) is 0 Å². The van der Waals surface area contributed by atoms with E-state index in [1.165, 1.54) is 0 Å². The van der Waals surface area contributed by atoms with Crippen molar-refractivity contribution in [2.75, 3.05) is 13.2 Å². The Bertz CT molecular complexity index is 448. The second-order valence-electron chi connectivity index (χ2n) is 6.37. The molecule has 0 aromatic heterocycles. The van der Waals surface area contributed by atoms with Gasteiger partial charge in [0.1, 0.15) is 0 Å². The molecule has 1 aromatic rings. The van der Waals surface area contributed by atoms with E-state index in [1.807, 2.05) is 13.8 Å². The summed E-state index contributed by atoms with van der Waals surface area (Å²) in [6.07, 6.45) is 1.24. The average molecular weight is 310 g/mol. The lowest BCUT2D eigenvalue weighted by atomic mass is 9.94. The maximum Gasteiger partial charge on any atom is 0.168 e. The smallest absolute Gasteiger partial charge is 0.168 e. The zero-order chi connectivity index (χ0) is 16.9. The Balaban J connectivity index is 3.58. The molecule has 0 heterocycles. The van der Waals surface area contributed by atoms with Gasteiger partial charge in [0, 0.05) is 11.1 Å². The van der Waals surface area contributed by atoms with Gasteiger partial charge in [-0.1, -0.05) is 27.7 Å². The summed E-state index contributed by atoms with van der Waals surface area (Å²) in [5, 5.41) is 20.9. The molecular formula is C18H30O4. The molecule has 0 amide bonds. The zero-order valence-electron chi connectivity index (χ0n) is 14.7. The Morgan fingerprint density at radius 2 is 1.05 bits per heavy atom. The van der Waals surface area contributed by atoms with Gasteiger partial charge in [-0.3, -0.25) is 0 Å². The molecule has 4 heteroatoms. The molecule has 0 aliphatic rings. The highest BCUT2D eigenvalue weighted by Gasteiger charge is 2.26. The normalized spacial score (nSPS) is 11.3. The first-order chi connectivity index (χ1) is 10.3. The largest absolute Gasteiger partial charge is 0.504 e. The third-order valence-corrected chi connectivity index (χ3v) is 3.35. The Morgan fingerprint density at radius 1 is 0.727 bits per heavy atom. The number of hydrogen-bond donors (Lipinski definition) is 2. The van der Waals surface area contributed by atoms with Crippen molar-refractivity contribution in [1.29, 1.82) is 0 Å². The fourth-order valence-corrected chi connectivity index (χ4v) is 2.56. The molecule has 0 spiro atoms. The molecule has 22 heavy (non-hydrogen) atoms. The summed E-state index contributed by atoms with van der Waals surface area (Å²) in [5.41, 5.74) is 1.26. The number of hydrogen-bond acceptors (Lipinski definition) is 4. The molecule has 1 aromatic carbocycles. The van der Waals surface area contributed by atoms with Gasteiger partial charge in [0.05, 0.1) is 13.2 Å². The first kappa shape index (κ1) is 18.5. The minimum Gasteiger partial charge on any atom is -0.504 e. The van der Waals surface area contributed by atoms with Gasteiger partial charge in [0.2, 0.25) is 0 Å². The van der Waals surface area contributed by atoms with Gasteiger partial charge in [0.25, 0.3) is 0 Å². The van der Waals surface area contributed by atoms with Gasteiger partial charge < -0.3 is 19.7 Å². The molecule has 0 saturated heterocycles. The van der Waals surface area contributed by atoms with Crippen molar-refractivity contribution >= 4 is 0 Å². The number of aromatic hydroxyl groups is 2. The Labute approximate surface area is 134 Å². The van der Waals surface area contributed by atoms with Gasteiger partial charge >= 0.3 is 0 Å². The van der Waals surface area contributed by atoms with Crippen LogP contribution in [-0.4, -0.2) is 23.4 Å². The van der Waals surface area contributed by atoms with Crippen molar-refractivity contribution in [3.05, 3.63) is 11.1 Å². The summed E-state index contributed by atoms with van der Waals surface area (Å²) in [7, 11) is 0. The average Bonchev–Trinajstić information content (AvgIpc) is 2.43. The lowest BCUT2D eigenvalue weighted by Gasteiger charge is -2.23. The van der Waals surface area contributed by atoms with Gasteiger partial charge in [-0.15, -0.1) is 0 Å². The predicted molar refractivity (Wildman–Crippen MR) is 89.2 cm³/mol. The monoisotopic (exact) mass is 310 g/mol. The maximum absolute atomic E-state index is 10.5. The topological polar surface area (TPSA) is 58.9 Å². The van der Waals surface area contributed by atoms with Crippen molar-refractivity contribution in [3.8, 4) is 23.0 Å². The van der Waals surface area contributed by atoms with E-state index < -0.39 is 0 Å². The maximum atomic E-state index is 10.5. The van der Waals surface area contributed by atoms with Crippen LogP contribution in [0, 0.1) is 11.8 Å². The van der Waals surface area contributed by atoms with E-state index in [0.29, 0.717) is 60.5 Å². The van der Waals surface area contributed by atoms with Crippen LogP contribution in [0.1, 0.15) is 52.7 Å². The third-order valence-electron chi connectivity index (χ3n) is 3.35. The lowest BCUT2D eigenvalue weighted by Crippen LogP contribution is -2.08. The van der Waals surface area contributed by atoms with Crippen molar-refractivity contribution in [2.24, 2.45) is 11.8 Å². The van der Waals surface area contributed by atoms with Gasteiger partial charge in [-0.25, -0.2) is 0 Å².